The zero-order valence-electron chi connectivity index (χ0n) is 11.7. The van der Waals surface area contributed by atoms with Gasteiger partial charge in [-0.05, 0) is 25.1 Å². The molecule has 0 bridgehead atoms. The number of hydrogen-bond acceptors (Lipinski definition) is 3. The second-order valence-electron chi connectivity index (χ2n) is 4.11. The standard InChI is InChI=1S/C15H17ClN2O3/c1-2-17-14(20)7-8-18-15(21)12-6-5-11(4-3-9-19)13(16)10-12/h5-6,10,19H,2,7-9H2,1H3,(H,17,20)(H,18,21). The van der Waals surface area contributed by atoms with Crippen LogP contribution in [0, 0.1) is 11.8 Å². The third-order valence-corrected chi connectivity index (χ3v) is 2.86. The highest BCUT2D eigenvalue weighted by Gasteiger charge is 2.08. The number of aliphatic hydroxyl groups excluding tert-OH is 1. The minimum absolute atomic E-state index is 0.106. The summed E-state index contributed by atoms with van der Waals surface area (Å²) < 4.78 is 0. The summed E-state index contributed by atoms with van der Waals surface area (Å²) in [5.74, 6) is 4.76. The Morgan fingerprint density at radius 2 is 2.10 bits per heavy atom. The SMILES string of the molecule is CCNC(=O)CCNC(=O)c1ccc(C#CCO)c(Cl)c1. The van der Waals surface area contributed by atoms with Crippen LogP contribution in [0.5, 0.6) is 0 Å². The lowest BCUT2D eigenvalue weighted by Gasteiger charge is -2.06. The number of benzene rings is 1. The van der Waals surface area contributed by atoms with Gasteiger partial charge >= 0.3 is 0 Å². The van der Waals surface area contributed by atoms with Gasteiger partial charge in [0, 0.05) is 30.6 Å². The van der Waals surface area contributed by atoms with Crippen molar-refractivity contribution in [3.05, 3.63) is 34.3 Å². The summed E-state index contributed by atoms with van der Waals surface area (Å²) in [6, 6.07) is 4.71. The summed E-state index contributed by atoms with van der Waals surface area (Å²) in [4.78, 5) is 23.1. The second-order valence-corrected chi connectivity index (χ2v) is 4.52. The molecule has 0 heterocycles. The monoisotopic (exact) mass is 308 g/mol. The molecule has 0 saturated carbocycles. The van der Waals surface area contributed by atoms with Crippen LogP contribution in [0.4, 0.5) is 0 Å². The van der Waals surface area contributed by atoms with Crippen molar-refractivity contribution in [3.63, 3.8) is 0 Å². The number of rotatable bonds is 5. The molecule has 0 saturated heterocycles. The molecule has 1 aromatic rings. The number of carbonyl (C=O) groups is 2. The molecule has 1 aromatic carbocycles. The maximum Gasteiger partial charge on any atom is 0.251 e. The quantitative estimate of drug-likeness (QED) is 0.708. The zero-order valence-corrected chi connectivity index (χ0v) is 12.5. The molecule has 0 aliphatic heterocycles. The molecule has 1 rings (SSSR count). The van der Waals surface area contributed by atoms with Gasteiger partial charge in [-0.3, -0.25) is 9.59 Å². The Bertz CT molecular complexity index is 576. The third-order valence-electron chi connectivity index (χ3n) is 2.54. The van der Waals surface area contributed by atoms with E-state index in [1.165, 1.54) is 6.07 Å². The van der Waals surface area contributed by atoms with Gasteiger partial charge in [-0.1, -0.05) is 23.4 Å². The largest absolute Gasteiger partial charge is 0.384 e. The Kier molecular flexibility index (Phi) is 7.30. The highest BCUT2D eigenvalue weighted by molar-refractivity contribution is 6.32. The fourth-order valence-electron chi connectivity index (χ4n) is 1.57. The highest BCUT2D eigenvalue weighted by Crippen LogP contribution is 2.17. The Morgan fingerprint density at radius 3 is 2.71 bits per heavy atom. The van der Waals surface area contributed by atoms with E-state index in [0.717, 1.165) is 0 Å². The van der Waals surface area contributed by atoms with Gasteiger partial charge in [-0.15, -0.1) is 0 Å². The number of amides is 2. The summed E-state index contributed by atoms with van der Waals surface area (Å²) in [5.41, 5.74) is 0.940. The van der Waals surface area contributed by atoms with Gasteiger partial charge in [0.05, 0.1) is 5.02 Å². The van der Waals surface area contributed by atoms with Crippen LogP contribution in [-0.4, -0.2) is 36.6 Å². The van der Waals surface area contributed by atoms with Crippen molar-refractivity contribution in [2.75, 3.05) is 19.7 Å². The summed E-state index contributed by atoms with van der Waals surface area (Å²) in [6.45, 7) is 2.41. The Hall–Kier alpha value is -2.03. The minimum atomic E-state index is -0.303. The van der Waals surface area contributed by atoms with Gasteiger partial charge in [0.1, 0.15) is 6.61 Å². The van der Waals surface area contributed by atoms with Crippen LogP contribution >= 0.6 is 11.6 Å². The van der Waals surface area contributed by atoms with E-state index in [4.69, 9.17) is 16.7 Å². The van der Waals surface area contributed by atoms with Crippen LogP contribution in [0.25, 0.3) is 0 Å². The fourth-order valence-corrected chi connectivity index (χ4v) is 1.80. The van der Waals surface area contributed by atoms with E-state index in [1.807, 2.05) is 6.92 Å². The van der Waals surface area contributed by atoms with Crippen molar-refractivity contribution in [1.29, 1.82) is 0 Å². The van der Waals surface area contributed by atoms with Gasteiger partial charge in [0.25, 0.3) is 5.91 Å². The van der Waals surface area contributed by atoms with Gasteiger partial charge in [-0.2, -0.15) is 0 Å². The molecule has 112 valence electrons. The van der Waals surface area contributed by atoms with Crippen LogP contribution in [0.15, 0.2) is 18.2 Å². The minimum Gasteiger partial charge on any atom is -0.384 e. The van der Waals surface area contributed by atoms with E-state index >= 15 is 0 Å². The molecule has 0 fully saturated rings. The Labute approximate surface area is 128 Å². The molecule has 21 heavy (non-hydrogen) atoms. The maximum atomic E-state index is 11.9. The highest BCUT2D eigenvalue weighted by atomic mass is 35.5. The number of aliphatic hydroxyl groups is 1. The van der Waals surface area contributed by atoms with Gasteiger partial charge in [-0.25, -0.2) is 0 Å². The van der Waals surface area contributed by atoms with E-state index in [-0.39, 0.29) is 31.4 Å². The molecule has 6 heteroatoms. The van der Waals surface area contributed by atoms with Crippen molar-refractivity contribution in [2.24, 2.45) is 0 Å². The molecule has 0 atom stereocenters. The predicted molar refractivity (Wildman–Crippen MR) is 81.0 cm³/mol. The van der Waals surface area contributed by atoms with E-state index in [1.54, 1.807) is 12.1 Å². The van der Waals surface area contributed by atoms with Crippen LogP contribution in [0.1, 0.15) is 29.3 Å². The molecule has 0 aromatic heterocycles. The molecule has 5 nitrogen and oxygen atoms in total. The summed E-state index contributed by atoms with van der Waals surface area (Å²) in [7, 11) is 0. The number of hydrogen-bond donors (Lipinski definition) is 3. The zero-order chi connectivity index (χ0) is 15.7. The third kappa shape index (κ3) is 5.86. The van der Waals surface area contributed by atoms with Crippen molar-refractivity contribution < 1.29 is 14.7 Å². The lowest BCUT2D eigenvalue weighted by Crippen LogP contribution is -2.30. The number of carbonyl (C=O) groups excluding carboxylic acids is 2. The molecule has 0 unspecified atom stereocenters. The van der Waals surface area contributed by atoms with E-state index in [0.29, 0.717) is 22.7 Å². The molecule has 0 aliphatic rings. The number of nitrogens with one attached hydrogen (secondary N) is 2. The lowest BCUT2D eigenvalue weighted by atomic mass is 10.1. The molecular formula is C15H17ClN2O3. The normalized spacial score (nSPS) is 9.48. The first-order valence-corrected chi connectivity index (χ1v) is 6.90. The summed E-state index contributed by atoms with van der Waals surface area (Å²) >= 11 is 6.01. The fraction of sp³-hybridized carbons (Fsp3) is 0.333. The van der Waals surface area contributed by atoms with Crippen LogP contribution in [0.2, 0.25) is 5.02 Å². The summed E-state index contributed by atoms with van der Waals surface area (Å²) in [5, 5.41) is 14.3. The van der Waals surface area contributed by atoms with Crippen molar-refractivity contribution in [2.45, 2.75) is 13.3 Å². The van der Waals surface area contributed by atoms with Gasteiger partial charge in [0.2, 0.25) is 5.91 Å². The molecule has 0 spiro atoms. The molecule has 0 radical (unpaired) electrons. The predicted octanol–water partition coefficient (Wildman–Crippen LogP) is 0.940. The van der Waals surface area contributed by atoms with Crippen molar-refractivity contribution >= 4 is 23.4 Å². The van der Waals surface area contributed by atoms with Gasteiger partial charge in [0.15, 0.2) is 0 Å². The Balaban J connectivity index is 2.59. The molecule has 0 aliphatic carbocycles. The second kappa shape index (κ2) is 9.01. The summed E-state index contributed by atoms with van der Waals surface area (Å²) in [6.07, 6.45) is 0.230. The maximum absolute atomic E-state index is 11.9. The average Bonchev–Trinajstić information content (AvgIpc) is 2.46. The average molecular weight is 309 g/mol. The van der Waals surface area contributed by atoms with Crippen LogP contribution in [-0.2, 0) is 4.79 Å². The first-order chi connectivity index (χ1) is 10.1. The molecule has 2 amide bonds. The number of halogens is 1. The molecular weight excluding hydrogens is 292 g/mol. The van der Waals surface area contributed by atoms with Crippen molar-refractivity contribution in [3.8, 4) is 11.8 Å². The molecule has 3 N–H and O–H groups in total. The Morgan fingerprint density at radius 1 is 1.33 bits per heavy atom. The van der Waals surface area contributed by atoms with Gasteiger partial charge < -0.3 is 15.7 Å². The van der Waals surface area contributed by atoms with E-state index < -0.39 is 0 Å². The first kappa shape index (κ1) is 17.0. The van der Waals surface area contributed by atoms with Crippen LogP contribution < -0.4 is 10.6 Å². The van der Waals surface area contributed by atoms with Crippen molar-refractivity contribution in [1.82, 2.24) is 10.6 Å². The van der Waals surface area contributed by atoms with E-state index in [9.17, 15) is 9.59 Å². The lowest BCUT2D eigenvalue weighted by molar-refractivity contribution is -0.120. The first-order valence-electron chi connectivity index (χ1n) is 6.52. The van der Waals surface area contributed by atoms with E-state index in [2.05, 4.69) is 22.5 Å². The smallest absolute Gasteiger partial charge is 0.251 e. The topological polar surface area (TPSA) is 78.4 Å². The van der Waals surface area contributed by atoms with Crippen LogP contribution in [0.3, 0.4) is 0 Å².